The lowest BCUT2D eigenvalue weighted by atomic mass is 10.2. The number of aryl methyl sites for hydroxylation is 1. The van der Waals surface area contributed by atoms with Crippen LogP contribution in [0.3, 0.4) is 0 Å². The molecule has 0 fully saturated rings. The number of carboxylic acid groups (broad SMARTS) is 1. The molecule has 0 saturated carbocycles. The van der Waals surface area contributed by atoms with Gasteiger partial charge >= 0.3 is 5.97 Å². The molecule has 1 aromatic heterocycles. The third-order valence-electron chi connectivity index (χ3n) is 2.53. The van der Waals surface area contributed by atoms with Crippen molar-refractivity contribution in [2.24, 2.45) is 0 Å². The number of hydrogen-bond donors (Lipinski definition) is 3. The van der Waals surface area contributed by atoms with Crippen LogP contribution in [0.1, 0.15) is 11.3 Å². The first-order chi connectivity index (χ1) is 9.37. The van der Waals surface area contributed by atoms with E-state index in [2.05, 4.69) is 14.9 Å². The number of anilines is 1. The molecular weight excluding hydrogens is 282 g/mol. The Morgan fingerprint density at radius 2 is 2.00 bits per heavy atom. The van der Waals surface area contributed by atoms with Gasteiger partial charge in [0.05, 0.1) is 11.3 Å². The summed E-state index contributed by atoms with van der Waals surface area (Å²) in [6.07, 6.45) is -0.147. The number of aromatic nitrogens is 2. The van der Waals surface area contributed by atoms with Crippen molar-refractivity contribution >= 4 is 21.8 Å². The summed E-state index contributed by atoms with van der Waals surface area (Å²) in [5.41, 5.74) is 1.27. The molecule has 2 rings (SSSR count). The average Bonchev–Trinajstić information content (AvgIpc) is 2.74. The number of nitrogens with one attached hydrogen (secondary N) is 2. The predicted octanol–water partition coefficient (Wildman–Crippen LogP) is 1.15. The first-order valence-corrected chi connectivity index (χ1v) is 7.21. The lowest BCUT2D eigenvalue weighted by molar-refractivity contribution is -0.136. The average molecular weight is 295 g/mol. The van der Waals surface area contributed by atoms with Crippen LogP contribution in [0.15, 0.2) is 35.2 Å². The van der Waals surface area contributed by atoms with Gasteiger partial charge in [0.2, 0.25) is 0 Å². The van der Waals surface area contributed by atoms with Gasteiger partial charge in [-0.25, -0.2) is 8.42 Å². The van der Waals surface area contributed by atoms with E-state index in [1.54, 1.807) is 13.0 Å². The van der Waals surface area contributed by atoms with Gasteiger partial charge < -0.3 is 5.11 Å². The SMILES string of the molecule is Cc1cc(NS(=O)(=O)c2ccc(CC(=O)O)cc2)n[nH]1. The second-order valence-electron chi connectivity index (χ2n) is 4.26. The zero-order chi connectivity index (χ0) is 14.8. The van der Waals surface area contributed by atoms with Crippen molar-refractivity contribution in [3.63, 3.8) is 0 Å². The van der Waals surface area contributed by atoms with Crippen LogP contribution in [-0.2, 0) is 21.2 Å². The van der Waals surface area contributed by atoms with Crippen molar-refractivity contribution in [3.8, 4) is 0 Å². The zero-order valence-electron chi connectivity index (χ0n) is 10.6. The third kappa shape index (κ3) is 3.35. The van der Waals surface area contributed by atoms with Crippen LogP contribution in [0, 0.1) is 6.92 Å². The van der Waals surface area contributed by atoms with Crippen LogP contribution >= 0.6 is 0 Å². The fraction of sp³-hybridized carbons (Fsp3) is 0.167. The minimum absolute atomic E-state index is 0.0484. The molecule has 3 N–H and O–H groups in total. The highest BCUT2D eigenvalue weighted by Gasteiger charge is 2.15. The van der Waals surface area contributed by atoms with Crippen molar-refractivity contribution < 1.29 is 18.3 Å². The first kappa shape index (κ1) is 14.1. The van der Waals surface area contributed by atoms with Gasteiger partial charge in [-0.05, 0) is 24.6 Å². The molecular formula is C12H13N3O4S. The van der Waals surface area contributed by atoms with Crippen LogP contribution in [0.25, 0.3) is 0 Å². The summed E-state index contributed by atoms with van der Waals surface area (Å²) in [6.45, 7) is 1.76. The van der Waals surface area contributed by atoms with E-state index >= 15 is 0 Å². The van der Waals surface area contributed by atoms with Crippen LogP contribution in [0.2, 0.25) is 0 Å². The number of nitrogens with zero attached hydrogens (tertiary/aromatic N) is 1. The highest BCUT2D eigenvalue weighted by Crippen LogP contribution is 2.15. The van der Waals surface area contributed by atoms with Gasteiger partial charge in [0.15, 0.2) is 5.82 Å². The van der Waals surface area contributed by atoms with Crippen molar-refractivity contribution in [1.82, 2.24) is 10.2 Å². The van der Waals surface area contributed by atoms with Gasteiger partial charge in [-0.15, -0.1) is 0 Å². The van der Waals surface area contributed by atoms with E-state index < -0.39 is 16.0 Å². The molecule has 106 valence electrons. The van der Waals surface area contributed by atoms with E-state index in [4.69, 9.17) is 5.11 Å². The minimum Gasteiger partial charge on any atom is -0.481 e. The quantitative estimate of drug-likeness (QED) is 0.766. The molecule has 0 radical (unpaired) electrons. The molecule has 0 saturated heterocycles. The molecule has 0 amide bonds. The van der Waals surface area contributed by atoms with Gasteiger partial charge in [0, 0.05) is 11.8 Å². The molecule has 0 unspecified atom stereocenters. The summed E-state index contributed by atoms with van der Waals surface area (Å²) in [7, 11) is -3.73. The van der Waals surface area contributed by atoms with E-state index in [1.165, 1.54) is 24.3 Å². The fourth-order valence-corrected chi connectivity index (χ4v) is 2.62. The number of sulfonamides is 1. The number of carboxylic acids is 1. The van der Waals surface area contributed by atoms with Crippen molar-refractivity contribution in [2.45, 2.75) is 18.2 Å². The number of hydrogen-bond acceptors (Lipinski definition) is 4. The van der Waals surface area contributed by atoms with Crippen LogP contribution in [-0.4, -0.2) is 29.7 Å². The Balaban J connectivity index is 2.19. The van der Waals surface area contributed by atoms with Crippen LogP contribution in [0.4, 0.5) is 5.82 Å². The molecule has 1 aromatic carbocycles. The topological polar surface area (TPSA) is 112 Å². The van der Waals surface area contributed by atoms with Gasteiger partial charge in [0.25, 0.3) is 10.0 Å². The molecule has 0 spiro atoms. The number of H-pyrrole nitrogens is 1. The smallest absolute Gasteiger partial charge is 0.307 e. The number of benzene rings is 1. The summed E-state index contributed by atoms with van der Waals surface area (Å²) in [6, 6.07) is 7.23. The second kappa shape index (κ2) is 5.33. The molecule has 0 aliphatic heterocycles. The molecule has 0 aliphatic carbocycles. The summed E-state index contributed by atoms with van der Waals surface area (Å²) >= 11 is 0. The zero-order valence-corrected chi connectivity index (χ0v) is 11.4. The maximum absolute atomic E-state index is 12.1. The monoisotopic (exact) mass is 295 g/mol. The van der Waals surface area contributed by atoms with E-state index in [1.807, 2.05) is 0 Å². The molecule has 1 heterocycles. The van der Waals surface area contributed by atoms with Gasteiger partial charge in [-0.3, -0.25) is 14.6 Å². The summed E-state index contributed by atoms with van der Waals surface area (Å²) in [5.74, 6) is -0.761. The second-order valence-corrected chi connectivity index (χ2v) is 5.94. The van der Waals surface area contributed by atoms with Gasteiger partial charge in [-0.2, -0.15) is 5.10 Å². The Morgan fingerprint density at radius 1 is 1.35 bits per heavy atom. The first-order valence-electron chi connectivity index (χ1n) is 5.72. The summed E-state index contributed by atoms with van der Waals surface area (Å²) in [5, 5.41) is 15.1. The fourth-order valence-electron chi connectivity index (χ4n) is 1.63. The Bertz CT molecular complexity index is 719. The summed E-state index contributed by atoms with van der Waals surface area (Å²) in [4.78, 5) is 10.6. The van der Waals surface area contributed by atoms with Gasteiger partial charge in [-0.1, -0.05) is 12.1 Å². The number of rotatable bonds is 5. The minimum atomic E-state index is -3.73. The third-order valence-corrected chi connectivity index (χ3v) is 3.90. The van der Waals surface area contributed by atoms with Crippen molar-refractivity contribution in [1.29, 1.82) is 0 Å². The maximum atomic E-state index is 12.1. The Morgan fingerprint density at radius 3 is 2.50 bits per heavy atom. The van der Waals surface area contributed by atoms with Gasteiger partial charge in [0.1, 0.15) is 0 Å². The Hall–Kier alpha value is -2.35. The standard InChI is InChI=1S/C12H13N3O4S/c1-8-6-11(14-13-8)15-20(18,19)10-4-2-9(3-5-10)7-12(16)17/h2-6H,7H2,1H3,(H,16,17)(H2,13,14,15). The molecule has 20 heavy (non-hydrogen) atoms. The van der Waals surface area contributed by atoms with E-state index in [0.717, 1.165) is 5.69 Å². The molecule has 7 nitrogen and oxygen atoms in total. The Kier molecular flexibility index (Phi) is 3.75. The number of aliphatic carboxylic acids is 1. The molecule has 0 atom stereocenters. The lowest BCUT2D eigenvalue weighted by Gasteiger charge is -2.05. The summed E-state index contributed by atoms with van der Waals surface area (Å²) < 4.78 is 26.5. The van der Waals surface area contributed by atoms with Crippen molar-refractivity contribution in [3.05, 3.63) is 41.6 Å². The van der Waals surface area contributed by atoms with E-state index in [0.29, 0.717) is 5.56 Å². The van der Waals surface area contributed by atoms with E-state index in [-0.39, 0.29) is 17.1 Å². The molecule has 8 heteroatoms. The van der Waals surface area contributed by atoms with Crippen LogP contribution in [0.5, 0.6) is 0 Å². The predicted molar refractivity (Wildman–Crippen MR) is 71.9 cm³/mol. The lowest BCUT2D eigenvalue weighted by Crippen LogP contribution is -2.13. The normalized spacial score (nSPS) is 11.2. The van der Waals surface area contributed by atoms with Crippen molar-refractivity contribution in [2.75, 3.05) is 4.72 Å². The Labute approximate surface area is 115 Å². The molecule has 0 bridgehead atoms. The van der Waals surface area contributed by atoms with E-state index in [9.17, 15) is 13.2 Å². The maximum Gasteiger partial charge on any atom is 0.307 e. The highest BCUT2D eigenvalue weighted by molar-refractivity contribution is 7.92. The largest absolute Gasteiger partial charge is 0.481 e. The molecule has 0 aliphatic rings. The van der Waals surface area contributed by atoms with Crippen LogP contribution < -0.4 is 4.72 Å². The number of aromatic amines is 1. The number of carbonyl (C=O) groups is 1. The highest BCUT2D eigenvalue weighted by atomic mass is 32.2. The molecule has 2 aromatic rings.